The minimum absolute atomic E-state index is 0.00218. The van der Waals surface area contributed by atoms with Gasteiger partial charge in [-0.25, -0.2) is 0 Å². The van der Waals surface area contributed by atoms with E-state index in [4.69, 9.17) is 4.98 Å². The molecule has 1 aliphatic heterocycles. The fourth-order valence-corrected chi connectivity index (χ4v) is 9.81. The van der Waals surface area contributed by atoms with Gasteiger partial charge >= 0.3 is 0 Å². The number of anilines is 3. The van der Waals surface area contributed by atoms with Crippen LogP contribution in [-0.4, -0.2) is 72.2 Å². The number of fused-ring (bicyclic) bond motifs is 5. The predicted octanol–water partition coefficient (Wildman–Crippen LogP) is 5.53. The highest BCUT2D eigenvalue weighted by Crippen LogP contribution is 2.67. The van der Waals surface area contributed by atoms with Crippen molar-refractivity contribution in [2.24, 2.45) is 40.4 Å². The molecule has 7 atom stereocenters. The molecule has 4 aliphatic carbocycles. The number of carbonyl (C=O) groups excluding carboxylic acids is 2. The molecule has 1 unspecified atom stereocenters. The summed E-state index contributed by atoms with van der Waals surface area (Å²) in [5.41, 5.74) is 1.40. The van der Waals surface area contributed by atoms with Crippen molar-refractivity contribution in [3.63, 3.8) is 0 Å². The molecule has 44 heavy (non-hydrogen) atoms. The summed E-state index contributed by atoms with van der Waals surface area (Å²) >= 11 is 0. The van der Waals surface area contributed by atoms with Crippen molar-refractivity contribution in [1.29, 1.82) is 0 Å². The normalized spacial score (nSPS) is 34.8. The maximum atomic E-state index is 14.1. The lowest BCUT2D eigenvalue weighted by molar-refractivity contribution is -0.132. The van der Waals surface area contributed by atoms with Gasteiger partial charge in [0.2, 0.25) is 5.95 Å². The second-order valence-electron chi connectivity index (χ2n) is 14.3. The van der Waals surface area contributed by atoms with Crippen molar-refractivity contribution in [3.8, 4) is 0 Å². The van der Waals surface area contributed by atoms with Gasteiger partial charge in [0.1, 0.15) is 11.6 Å². The number of aromatic nitrogens is 2. The summed E-state index contributed by atoms with van der Waals surface area (Å²) < 4.78 is 0. The minimum atomic E-state index is -0.00218. The van der Waals surface area contributed by atoms with Crippen LogP contribution in [-0.2, 0) is 9.59 Å². The Kier molecular flexibility index (Phi) is 8.57. The largest absolute Gasteiger partial charge is 0.366 e. The molecule has 5 aliphatic rings. The van der Waals surface area contributed by atoms with Crippen LogP contribution in [0.3, 0.4) is 0 Å². The molecule has 6 rings (SSSR count). The lowest BCUT2D eigenvalue weighted by Crippen LogP contribution is -2.52. The van der Waals surface area contributed by atoms with Gasteiger partial charge in [-0.2, -0.15) is 9.97 Å². The first kappa shape index (κ1) is 30.8. The summed E-state index contributed by atoms with van der Waals surface area (Å²) in [5, 5.41) is 6.50. The molecule has 0 spiro atoms. The van der Waals surface area contributed by atoms with E-state index in [1.54, 1.807) is 12.2 Å². The third-order valence-corrected chi connectivity index (χ3v) is 11.9. The van der Waals surface area contributed by atoms with Gasteiger partial charge in [-0.3, -0.25) is 14.5 Å². The lowest BCUT2D eigenvalue weighted by Gasteiger charge is -2.57. The first-order valence-electron chi connectivity index (χ1n) is 16.7. The van der Waals surface area contributed by atoms with Crippen LogP contribution >= 0.6 is 0 Å². The SMILES string of the molecule is C=CCNc1cc(N2CCN(CC(=O)[C@H]3C(C)C[C@H]4[C@@H]5CCC6=CC(=O)C=C[C@]6(C)[C@H]5CC[C@]34C)CC2)nc(NCC=C)n1. The fourth-order valence-electron chi connectivity index (χ4n) is 9.81. The summed E-state index contributed by atoms with van der Waals surface area (Å²) in [6, 6.07) is 1.99. The number of carbonyl (C=O) groups is 2. The van der Waals surface area contributed by atoms with Crippen molar-refractivity contribution in [2.45, 2.75) is 52.9 Å². The quantitative estimate of drug-likeness (QED) is 0.340. The highest BCUT2D eigenvalue weighted by Gasteiger charge is 2.61. The Labute approximate surface area is 263 Å². The molecule has 1 saturated heterocycles. The number of nitrogens with zero attached hydrogens (tertiary/aromatic N) is 4. The molecule has 4 fully saturated rings. The van der Waals surface area contributed by atoms with Gasteiger partial charge in [0.05, 0.1) is 6.54 Å². The molecule has 0 radical (unpaired) electrons. The number of piperazine rings is 1. The number of rotatable bonds is 10. The molecule has 0 amide bonds. The van der Waals surface area contributed by atoms with E-state index in [1.807, 2.05) is 18.2 Å². The van der Waals surface area contributed by atoms with Gasteiger partial charge in [0.15, 0.2) is 11.6 Å². The standard InChI is InChI=1S/C36H50N6O2/c1-6-14-37-31-22-32(40-34(39-31)38-15-7-2)42-18-16-41(17-19-42)23-30(44)33-24(3)20-29-27-9-8-25-21-26(43)10-12-35(25,4)28(27)11-13-36(29,33)5/h6-7,10,12,21-22,24,27-29,33H,1-2,8-9,11,13-20,23H2,3-5H3,(H2,37,38,39,40)/t24?,27-,28+,29+,33-,35+,36+/m1/s1. The molecular weight excluding hydrogens is 548 g/mol. The second-order valence-corrected chi connectivity index (χ2v) is 14.3. The first-order chi connectivity index (χ1) is 21.2. The van der Waals surface area contributed by atoms with Crippen LogP contribution < -0.4 is 15.5 Å². The summed E-state index contributed by atoms with van der Waals surface area (Å²) in [5.74, 6) is 5.12. The molecule has 236 valence electrons. The molecule has 3 saturated carbocycles. The topological polar surface area (TPSA) is 90.5 Å². The monoisotopic (exact) mass is 598 g/mol. The van der Waals surface area contributed by atoms with Gasteiger partial charge in [0, 0.05) is 56.7 Å². The van der Waals surface area contributed by atoms with Crippen LogP contribution in [0, 0.1) is 40.4 Å². The summed E-state index contributed by atoms with van der Waals surface area (Å²) in [7, 11) is 0. The Morgan fingerprint density at radius 2 is 1.82 bits per heavy atom. The minimum Gasteiger partial charge on any atom is -0.366 e. The van der Waals surface area contributed by atoms with Crippen molar-refractivity contribution < 1.29 is 9.59 Å². The zero-order valence-electron chi connectivity index (χ0n) is 26.9. The van der Waals surface area contributed by atoms with Gasteiger partial charge < -0.3 is 15.5 Å². The number of allylic oxidation sites excluding steroid dienone is 4. The predicted molar refractivity (Wildman–Crippen MR) is 178 cm³/mol. The highest BCUT2D eigenvalue weighted by molar-refractivity contribution is 6.01. The Hall–Kier alpha value is -3.26. The van der Waals surface area contributed by atoms with E-state index in [0.29, 0.717) is 55.0 Å². The fraction of sp³-hybridized carbons (Fsp3) is 0.611. The van der Waals surface area contributed by atoms with Crippen molar-refractivity contribution in [1.82, 2.24) is 14.9 Å². The van der Waals surface area contributed by atoms with Crippen LogP contribution in [0.25, 0.3) is 0 Å². The Morgan fingerprint density at radius 3 is 2.57 bits per heavy atom. The van der Waals surface area contributed by atoms with Gasteiger partial charge in [0.25, 0.3) is 0 Å². The van der Waals surface area contributed by atoms with E-state index >= 15 is 0 Å². The lowest BCUT2D eigenvalue weighted by atomic mass is 9.47. The molecule has 1 aromatic rings. The number of hydrogen-bond acceptors (Lipinski definition) is 8. The number of nitrogens with one attached hydrogen (secondary N) is 2. The van der Waals surface area contributed by atoms with Gasteiger partial charge in [-0.15, -0.1) is 13.2 Å². The van der Waals surface area contributed by atoms with Gasteiger partial charge in [-0.05, 0) is 73.3 Å². The molecule has 0 bridgehead atoms. The van der Waals surface area contributed by atoms with Crippen LogP contribution in [0.5, 0.6) is 0 Å². The Bertz CT molecular complexity index is 1330. The molecular formula is C36H50N6O2. The van der Waals surface area contributed by atoms with Gasteiger partial charge in [-0.1, -0.05) is 44.6 Å². The maximum Gasteiger partial charge on any atom is 0.226 e. The van der Waals surface area contributed by atoms with E-state index < -0.39 is 0 Å². The van der Waals surface area contributed by atoms with Crippen LogP contribution in [0.2, 0.25) is 0 Å². The average molecular weight is 599 g/mol. The molecule has 1 aromatic heterocycles. The van der Waals surface area contributed by atoms with E-state index in [9.17, 15) is 9.59 Å². The molecule has 2 N–H and O–H groups in total. The van der Waals surface area contributed by atoms with Crippen molar-refractivity contribution >= 4 is 29.2 Å². The van der Waals surface area contributed by atoms with E-state index in [1.165, 1.54) is 5.57 Å². The molecule has 8 heteroatoms. The van der Waals surface area contributed by atoms with Crippen molar-refractivity contribution in [3.05, 3.63) is 55.2 Å². The van der Waals surface area contributed by atoms with E-state index in [-0.39, 0.29) is 22.5 Å². The smallest absolute Gasteiger partial charge is 0.226 e. The van der Waals surface area contributed by atoms with Crippen molar-refractivity contribution in [2.75, 3.05) is 61.3 Å². The number of hydrogen-bond donors (Lipinski definition) is 2. The summed E-state index contributed by atoms with van der Waals surface area (Å²) in [6.45, 7) is 19.8. The summed E-state index contributed by atoms with van der Waals surface area (Å²) in [4.78, 5) is 40.3. The number of Topliss-reactive ketones (excluding diaryl/α,β-unsaturated/α-hetero) is 1. The Morgan fingerprint density at radius 1 is 1.07 bits per heavy atom. The third-order valence-electron chi connectivity index (χ3n) is 11.9. The zero-order valence-corrected chi connectivity index (χ0v) is 26.9. The zero-order chi connectivity index (χ0) is 31.1. The average Bonchev–Trinajstić information content (AvgIpc) is 3.29. The van der Waals surface area contributed by atoms with Crippen LogP contribution in [0.1, 0.15) is 52.9 Å². The second kappa shape index (κ2) is 12.3. The Balaban J connectivity index is 1.10. The van der Waals surface area contributed by atoms with E-state index in [0.717, 1.165) is 69.9 Å². The highest BCUT2D eigenvalue weighted by atomic mass is 16.1. The van der Waals surface area contributed by atoms with Crippen LogP contribution in [0.15, 0.2) is 55.2 Å². The molecule has 2 heterocycles. The molecule has 8 nitrogen and oxygen atoms in total. The maximum absolute atomic E-state index is 14.1. The third kappa shape index (κ3) is 5.55. The van der Waals surface area contributed by atoms with Crippen LogP contribution in [0.4, 0.5) is 17.6 Å². The molecule has 0 aromatic carbocycles. The first-order valence-corrected chi connectivity index (χ1v) is 16.7. The number of ketones is 2. The van der Waals surface area contributed by atoms with E-state index in [2.05, 4.69) is 65.4 Å². The summed E-state index contributed by atoms with van der Waals surface area (Å²) in [6.07, 6.45) is 15.1.